The summed E-state index contributed by atoms with van der Waals surface area (Å²) in [4.78, 5) is 30.9. The zero-order chi connectivity index (χ0) is 26.5. The Hall–Kier alpha value is -4.18. The third-order valence-electron chi connectivity index (χ3n) is 6.69. The third kappa shape index (κ3) is 5.55. The van der Waals surface area contributed by atoms with Crippen molar-refractivity contribution in [3.63, 3.8) is 0 Å². The van der Waals surface area contributed by atoms with Crippen molar-refractivity contribution < 1.29 is 19.1 Å². The van der Waals surface area contributed by atoms with Crippen LogP contribution in [-0.2, 0) is 27.4 Å². The summed E-state index contributed by atoms with van der Waals surface area (Å²) in [6, 6.07) is 13.7. The molecule has 10 nitrogen and oxygen atoms in total. The van der Waals surface area contributed by atoms with Gasteiger partial charge in [-0.25, -0.2) is 9.78 Å². The monoisotopic (exact) mass is 516 g/mol. The summed E-state index contributed by atoms with van der Waals surface area (Å²) in [5.41, 5.74) is 2.97. The second-order valence-electron chi connectivity index (χ2n) is 9.48. The van der Waals surface area contributed by atoms with E-state index in [1.165, 1.54) is 7.11 Å². The summed E-state index contributed by atoms with van der Waals surface area (Å²) in [5, 5.41) is 11.4. The van der Waals surface area contributed by atoms with Gasteiger partial charge < -0.3 is 24.7 Å². The number of amides is 1. The van der Waals surface area contributed by atoms with Gasteiger partial charge in [0.15, 0.2) is 5.69 Å². The predicted molar refractivity (Wildman–Crippen MR) is 144 cm³/mol. The normalized spacial score (nSPS) is 15.9. The van der Waals surface area contributed by atoms with Crippen LogP contribution in [0.15, 0.2) is 61.1 Å². The van der Waals surface area contributed by atoms with Gasteiger partial charge in [-0.15, -0.1) is 0 Å². The molecule has 5 rings (SSSR count). The van der Waals surface area contributed by atoms with Gasteiger partial charge >= 0.3 is 5.97 Å². The molecule has 2 N–H and O–H groups in total. The minimum Gasteiger partial charge on any atom is -0.464 e. The summed E-state index contributed by atoms with van der Waals surface area (Å²) >= 11 is 0. The molecule has 1 aliphatic heterocycles. The number of nitrogens with one attached hydrogen (secondary N) is 2. The van der Waals surface area contributed by atoms with Crippen molar-refractivity contribution in [1.29, 1.82) is 0 Å². The van der Waals surface area contributed by atoms with Crippen molar-refractivity contribution in [3.8, 4) is 0 Å². The fraction of sp³-hybridized carbons (Fsp3) is 0.357. The fourth-order valence-electron chi connectivity index (χ4n) is 4.76. The number of carbonyl (C=O) groups is 2. The summed E-state index contributed by atoms with van der Waals surface area (Å²) < 4.78 is 14.4. The molecule has 1 fully saturated rings. The van der Waals surface area contributed by atoms with E-state index in [-0.39, 0.29) is 17.6 Å². The standard InChI is InChI=1S/C28H32N6O4/c1-19(11-14-33-13-7-12-30-33)31-21-16-22-24(32-27(35)23-10-6-15-38-23)25(28(36)37-2)34(26(22)29-17-21)18-20-8-4-3-5-9-20/h3-5,7-9,12-13,16-17,19,23,31H,6,10-11,14-15,18H2,1-2H3,(H,32,35)/t19-,23-/m0/s1. The molecule has 38 heavy (non-hydrogen) atoms. The second kappa shape index (κ2) is 11.5. The molecule has 1 aromatic carbocycles. The number of aryl methyl sites for hydroxylation is 1. The summed E-state index contributed by atoms with van der Waals surface area (Å²) in [6.07, 6.45) is 7.22. The van der Waals surface area contributed by atoms with Crippen molar-refractivity contribution in [1.82, 2.24) is 19.3 Å². The lowest BCUT2D eigenvalue weighted by Gasteiger charge is -2.15. The maximum atomic E-state index is 13.1. The molecule has 2 atom stereocenters. The largest absolute Gasteiger partial charge is 0.464 e. The quantitative estimate of drug-likeness (QED) is 0.306. The maximum Gasteiger partial charge on any atom is 0.356 e. The molecule has 1 amide bonds. The molecule has 1 aliphatic rings. The van der Waals surface area contributed by atoms with Crippen LogP contribution < -0.4 is 10.6 Å². The van der Waals surface area contributed by atoms with Gasteiger partial charge in [0.1, 0.15) is 11.8 Å². The summed E-state index contributed by atoms with van der Waals surface area (Å²) in [6.45, 7) is 3.80. The number of aromatic nitrogens is 4. The minimum absolute atomic E-state index is 0.134. The second-order valence-corrected chi connectivity index (χ2v) is 9.48. The van der Waals surface area contributed by atoms with Crippen LogP contribution in [0.1, 0.15) is 42.2 Å². The van der Waals surface area contributed by atoms with Crippen LogP contribution in [-0.4, -0.2) is 57.1 Å². The van der Waals surface area contributed by atoms with E-state index in [9.17, 15) is 9.59 Å². The van der Waals surface area contributed by atoms with Crippen molar-refractivity contribution in [2.75, 3.05) is 24.4 Å². The minimum atomic E-state index is -0.552. The Labute approximate surface area is 220 Å². The lowest BCUT2D eigenvalue weighted by molar-refractivity contribution is -0.124. The smallest absolute Gasteiger partial charge is 0.356 e. The number of nitrogens with zero attached hydrogens (tertiary/aromatic N) is 4. The molecule has 0 bridgehead atoms. The molecule has 0 saturated carbocycles. The van der Waals surface area contributed by atoms with E-state index < -0.39 is 12.1 Å². The fourth-order valence-corrected chi connectivity index (χ4v) is 4.76. The number of methoxy groups -OCH3 is 1. The number of carbonyl (C=O) groups excluding carboxylic acids is 2. The van der Waals surface area contributed by atoms with Crippen LogP contribution >= 0.6 is 0 Å². The first-order valence-corrected chi connectivity index (χ1v) is 12.8. The van der Waals surface area contributed by atoms with Gasteiger partial charge in [0.2, 0.25) is 0 Å². The van der Waals surface area contributed by atoms with Crippen LogP contribution in [0.4, 0.5) is 11.4 Å². The molecule has 0 aliphatic carbocycles. The first-order chi connectivity index (χ1) is 18.5. The Bertz CT molecular complexity index is 1390. The number of pyridine rings is 1. The molecule has 0 radical (unpaired) electrons. The van der Waals surface area contributed by atoms with Crippen LogP contribution in [0.25, 0.3) is 11.0 Å². The number of ether oxygens (including phenoxy) is 2. The van der Waals surface area contributed by atoms with Crippen LogP contribution in [0.5, 0.6) is 0 Å². The molecule has 10 heteroatoms. The van der Waals surface area contributed by atoms with Gasteiger partial charge in [-0.05, 0) is 43.9 Å². The van der Waals surface area contributed by atoms with Crippen LogP contribution in [0, 0.1) is 0 Å². The number of esters is 1. The Balaban J connectivity index is 1.52. The summed E-state index contributed by atoms with van der Waals surface area (Å²) in [5.74, 6) is -0.832. The van der Waals surface area contributed by atoms with E-state index in [4.69, 9.17) is 14.5 Å². The van der Waals surface area contributed by atoms with Crippen molar-refractivity contribution >= 4 is 34.3 Å². The molecule has 1 saturated heterocycles. The number of rotatable bonds is 10. The Morgan fingerprint density at radius 3 is 2.79 bits per heavy atom. The molecule has 0 unspecified atom stereocenters. The highest BCUT2D eigenvalue weighted by Gasteiger charge is 2.30. The van der Waals surface area contributed by atoms with Gasteiger partial charge in [0.25, 0.3) is 5.91 Å². The molecule has 4 heterocycles. The van der Waals surface area contributed by atoms with E-state index >= 15 is 0 Å². The number of benzene rings is 1. The van der Waals surface area contributed by atoms with Crippen LogP contribution in [0.3, 0.4) is 0 Å². The molecule has 198 valence electrons. The van der Waals surface area contributed by atoms with Gasteiger partial charge in [-0.2, -0.15) is 5.10 Å². The van der Waals surface area contributed by atoms with Gasteiger partial charge in [-0.3, -0.25) is 9.48 Å². The highest BCUT2D eigenvalue weighted by atomic mass is 16.5. The maximum absolute atomic E-state index is 13.1. The molecular formula is C28H32N6O4. The third-order valence-corrected chi connectivity index (χ3v) is 6.69. The molecule has 4 aromatic rings. The van der Waals surface area contributed by atoms with Crippen molar-refractivity contribution in [3.05, 3.63) is 72.3 Å². The topological polar surface area (TPSA) is 112 Å². The lowest BCUT2D eigenvalue weighted by atomic mass is 10.2. The highest BCUT2D eigenvalue weighted by molar-refractivity contribution is 6.12. The Morgan fingerprint density at radius 2 is 2.08 bits per heavy atom. The van der Waals surface area contributed by atoms with Crippen molar-refractivity contribution in [2.24, 2.45) is 0 Å². The number of hydrogen-bond acceptors (Lipinski definition) is 7. The van der Waals surface area contributed by atoms with E-state index in [2.05, 4.69) is 22.7 Å². The predicted octanol–water partition coefficient (Wildman–Crippen LogP) is 4.08. The van der Waals surface area contributed by atoms with Crippen molar-refractivity contribution in [2.45, 2.75) is 51.4 Å². The van der Waals surface area contributed by atoms with Crippen LogP contribution in [0.2, 0.25) is 0 Å². The van der Waals surface area contributed by atoms with Gasteiger partial charge in [0.05, 0.1) is 24.7 Å². The molecular weight excluding hydrogens is 484 g/mol. The lowest BCUT2D eigenvalue weighted by Crippen LogP contribution is -2.28. The van der Waals surface area contributed by atoms with E-state index in [0.29, 0.717) is 36.3 Å². The van der Waals surface area contributed by atoms with E-state index in [0.717, 1.165) is 30.6 Å². The summed E-state index contributed by atoms with van der Waals surface area (Å²) in [7, 11) is 1.33. The zero-order valence-electron chi connectivity index (χ0n) is 21.6. The van der Waals surface area contributed by atoms with Gasteiger partial charge in [0, 0.05) is 43.5 Å². The first-order valence-electron chi connectivity index (χ1n) is 12.8. The number of hydrogen-bond donors (Lipinski definition) is 2. The zero-order valence-corrected chi connectivity index (χ0v) is 21.6. The van der Waals surface area contributed by atoms with Gasteiger partial charge in [-0.1, -0.05) is 30.3 Å². The average molecular weight is 517 g/mol. The highest BCUT2D eigenvalue weighted by Crippen LogP contribution is 2.34. The average Bonchev–Trinajstić information content (AvgIpc) is 3.70. The Morgan fingerprint density at radius 1 is 1.24 bits per heavy atom. The first kappa shape index (κ1) is 25.5. The van der Waals surface area contributed by atoms with E-state index in [1.54, 1.807) is 17.0 Å². The Kier molecular flexibility index (Phi) is 7.69. The number of anilines is 2. The molecule has 3 aromatic heterocycles. The van der Waals surface area contributed by atoms with E-state index in [1.807, 2.05) is 53.3 Å². The molecule has 0 spiro atoms. The SMILES string of the molecule is COC(=O)c1c(NC(=O)[C@@H]2CCCO2)c2cc(N[C@@H](C)CCn3cccn3)cnc2n1Cc1ccccc1. The number of fused-ring (bicyclic) bond motifs is 1.